The molecule has 3 aliphatic carbocycles. The van der Waals surface area contributed by atoms with Crippen molar-refractivity contribution < 1.29 is 4.79 Å². The molecule has 3 aliphatic rings. The van der Waals surface area contributed by atoms with Crippen molar-refractivity contribution in [1.82, 2.24) is 0 Å². The van der Waals surface area contributed by atoms with E-state index in [4.69, 9.17) is 0 Å². The molecular formula is C16H24O. The molecule has 0 N–H and O–H groups in total. The van der Waals surface area contributed by atoms with Gasteiger partial charge in [-0.1, -0.05) is 19.4 Å². The topological polar surface area (TPSA) is 17.1 Å². The van der Waals surface area contributed by atoms with Gasteiger partial charge in [0.05, 0.1) is 0 Å². The predicted octanol–water partition coefficient (Wildman–Crippen LogP) is 4.13. The SMILES string of the molecule is CC1CC=C(C(=O)CC2CC3CCC2C3)CC1. The molecule has 0 radical (unpaired) electrons. The highest BCUT2D eigenvalue weighted by Crippen LogP contribution is 2.49. The van der Waals surface area contributed by atoms with Gasteiger partial charge in [-0.05, 0) is 67.8 Å². The van der Waals surface area contributed by atoms with Crippen molar-refractivity contribution in [3.63, 3.8) is 0 Å². The van der Waals surface area contributed by atoms with Gasteiger partial charge in [-0.25, -0.2) is 0 Å². The lowest BCUT2D eigenvalue weighted by Crippen LogP contribution is -2.18. The van der Waals surface area contributed by atoms with E-state index >= 15 is 0 Å². The Morgan fingerprint density at radius 3 is 2.76 bits per heavy atom. The standard InChI is InChI=1S/C16H24O/c1-11-2-5-13(6-3-11)16(17)10-15-9-12-4-7-14(15)8-12/h5,11-12,14-15H,2-4,6-10H2,1H3. The first kappa shape index (κ1) is 11.5. The smallest absolute Gasteiger partial charge is 0.158 e. The number of rotatable bonds is 3. The molecule has 0 amide bonds. The quantitative estimate of drug-likeness (QED) is 0.715. The molecule has 94 valence electrons. The van der Waals surface area contributed by atoms with Gasteiger partial charge in [-0.2, -0.15) is 0 Å². The molecule has 0 aromatic rings. The van der Waals surface area contributed by atoms with E-state index in [2.05, 4.69) is 13.0 Å². The van der Waals surface area contributed by atoms with Crippen LogP contribution in [0.1, 0.15) is 58.3 Å². The van der Waals surface area contributed by atoms with E-state index in [0.29, 0.717) is 5.78 Å². The number of carbonyl (C=O) groups excluding carboxylic acids is 1. The van der Waals surface area contributed by atoms with Gasteiger partial charge in [0.2, 0.25) is 0 Å². The molecule has 4 unspecified atom stereocenters. The van der Waals surface area contributed by atoms with Crippen LogP contribution < -0.4 is 0 Å². The summed E-state index contributed by atoms with van der Waals surface area (Å²) in [5.74, 6) is 3.87. The summed E-state index contributed by atoms with van der Waals surface area (Å²) in [6.45, 7) is 2.29. The van der Waals surface area contributed by atoms with E-state index in [1.807, 2.05) is 0 Å². The highest BCUT2D eigenvalue weighted by atomic mass is 16.1. The Balaban J connectivity index is 1.57. The molecule has 2 fully saturated rings. The Morgan fingerprint density at radius 1 is 1.29 bits per heavy atom. The van der Waals surface area contributed by atoms with Crippen LogP contribution in [0.15, 0.2) is 11.6 Å². The van der Waals surface area contributed by atoms with Gasteiger partial charge in [-0.3, -0.25) is 4.79 Å². The Morgan fingerprint density at radius 2 is 2.18 bits per heavy atom. The van der Waals surface area contributed by atoms with Crippen molar-refractivity contribution in [2.75, 3.05) is 0 Å². The fourth-order valence-corrected chi connectivity index (χ4v) is 4.21. The maximum Gasteiger partial charge on any atom is 0.158 e. The summed E-state index contributed by atoms with van der Waals surface area (Å²) in [5.41, 5.74) is 1.16. The van der Waals surface area contributed by atoms with E-state index < -0.39 is 0 Å². The van der Waals surface area contributed by atoms with Crippen LogP contribution >= 0.6 is 0 Å². The summed E-state index contributed by atoms with van der Waals surface area (Å²) in [6, 6.07) is 0. The second-order valence-corrected chi connectivity index (χ2v) is 6.67. The second-order valence-electron chi connectivity index (χ2n) is 6.67. The second kappa shape index (κ2) is 4.59. The molecule has 3 rings (SSSR count). The molecule has 1 heteroatoms. The fraction of sp³-hybridized carbons (Fsp3) is 0.812. The highest BCUT2D eigenvalue weighted by molar-refractivity contribution is 5.95. The van der Waals surface area contributed by atoms with Crippen LogP contribution in [0.4, 0.5) is 0 Å². The van der Waals surface area contributed by atoms with Crippen LogP contribution in [-0.2, 0) is 4.79 Å². The molecule has 0 aromatic heterocycles. The fourth-order valence-electron chi connectivity index (χ4n) is 4.21. The first-order chi connectivity index (χ1) is 8.22. The Kier molecular flexibility index (Phi) is 3.10. The van der Waals surface area contributed by atoms with Crippen LogP contribution in [-0.4, -0.2) is 5.78 Å². The van der Waals surface area contributed by atoms with Crippen LogP contribution in [0.5, 0.6) is 0 Å². The lowest BCUT2D eigenvalue weighted by atomic mass is 9.81. The van der Waals surface area contributed by atoms with Gasteiger partial charge in [0.1, 0.15) is 0 Å². The molecule has 0 aliphatic heterocycles. The molecule has 4 atom stereocenters. The first-order valence-corrected chi connectivity index (χ1v) is 7.44. The number of carbonyl (C=O) groups is 1. The number of Topliss-reactive ketones (excluding diaryl/α,β-unsaturated/α-hetero) is 1. The number of fused-ring (bicyclic) bond motifs is 2. The van der Waals surface area contributed by atoms with Gasteiger partial charge in [0, 0.05) is 6.42 Å². The third-order valence-electron chi connectivity index (χ3n) is 5.36. The maximum absolute atomic E-state index is 12.3. The third kappa shape index (κ3) is 2.34. The van der Waals surface area contributed by atoms with E-state index in [0.717, 1.165) is 48.5 Å². The average Bonchev–Trinajstić information content (AvgIpc) is 2.91. The molecule has 0 aromatic carbocycles. The van der Waals surface area contributed by atoms with Crippen molar-refractivity contribution in [2.24, 2.45) is 23.7 Å². The van der Waals surface area contributed by atoms with Crippen molar-refractivity contribution in [3.8, 4) is 0 Å². The normalized spacial score (nSPS) is 40.4. The van der Waals surface area contributed by atoms with Crippen molar-refractivity contribution in [3.05, 3.63) is 11.6 Å². The largest absolute Gasteiger partial charge is 0.295 e. The van der Waals surface area contributed by atoms with Crippen LogP contribution in [0.2, 0.25) is 0 Å². The molecule has 1 nitrogen and oxygen atoms in total. The van der Waals surface area contributed by atoms with Crippen LogP contribution in [0, 0.1) is 23.7 Å². The van der Waals surface area contributed by atoms with Crippen molar-refractivity contribution in [2.45, 2.75) is 58.3 Å². The maximum atomic E-state index is 12.3. The number of hydrogen-bond donors (Lipinski definition) is 0. The summed E-state index contributed by atoms with van der Waals surface area (Å²) in [6.07, 6.45) is 12.1. The number of hydrogen-bond acceptors (Lipinski definition) is 1. The monoisotopic (exact) mass is 232 g/mol. The van der Waals surface area contributed by atoms with Crippen molar-refractivity contribution >= 4 is 5.78 Å². The lowest BCUT2D eigenvalue weighted by Gasteiger charge is -2.23. The van der Waals surface area contributed by atoms with Crippen LogP contribution in [0.3, 0.4) is 0 Å². The van der Waals surface area contributed by atoms with E-state index in [1.54, 1.807) is 0 Å². The van der Waals surface area contributed by atoms with Crippen molar-refractivity contribution in [1.29, 1.82) is 0 Å². The Bertz CT molecular complexity index is 341. The summed E-state index contributed by atoms with van der Waals surface area (Å²) in [4.78, 5) is 12.3. The summed E-state index contributed by atoms with van der Waals surface area (Å²) in [7, 11) is 0. The molecule has 0 saturated heterocycles. The summed E-state index contributed by atoms with van der Waals surface area (Å²) < 4.78 is 0. The summed E-state index contributed by atoms with van der Waals surface area (Å²) in [5, 5.41) is 0. The number of allylic oxidation sites excluding steroid dienone is 2. The molecular weight excluding hydrogens is 208 g/mol. The third-order valence-corrected chi connectivity index (χ3v) is 5.36. The van der Waals surface area contributed by atoms with Crippen LogP contribution in [0.25, 0.3) is 0 Å². The molecule has 17 heavy (non-hydrogen) atoms. The van der Waals surface area contributed by atoms with Gasteiger partial charge in [-0.15, -0.1) is 0 Å². The Labute approximate surface area is 105 Å². The Hall–Kier alpha value is -0.590. The minimum atomic E-state index is 0.481. The molecule has 0 spiro atoms. The predicted molar refractivity (Wildman–Crippen MR) is 69.7 cm³/mol. The molecule has 2 bridgehead atoms. The minimum Gasteiger partial charge on any atom is -0.295 e. The van der Waals surface area contributed by atoms with E-state index in [9.17, 15) is 4.79 Å². The van der Waals surface area contributed by atoms with Gasteiger partial charge in [0.15, 0.2) is 5.78 Å². The lowest BCUT2D eigenvalue weighted by molar-refractivity contribution is -0.117. The zero-order valence-corrected chi connectivity index (χ0v) is 11.0. The zero-order valence-electron chi connectivity index (χ0n) is 11.0. The van der Waals surface area contributed by atoms with Gasteiger partial charge < -0.3 is 0 Å². The average molecular weight is 232 g/mol. The minimum absolute atomic E-state index is 0.481. The summed E-state index contributed by atoms with van der Waals surface area (Å²) >= 11 is 0. The van der Waals surface area contributed by atoms with E-state index in [-0.39, 0.29) is 0 Å². The van der Waals surface area contributed by atoms with E-state index in [1.165, 1.54) is 32.1 Å². The first-order valence-electron chi connectivity index (χ1n) is 7.44. The zero-order chi connectivity index (χ0) is 11.8. The molecule has 0 heterocycles. The highest BCUT2D eigenvalue weighted by Gasteiger charge is 2.40. The van der Waals surface area contributed by atoms with Gasteiger partial charge >= 0.3 is 0 Å². The molecule has 2 saturated carbocycles. The number of ketones is 1. The van der Waals surface area contributed by atoms with Gasteiger partial charge in [0.25, 0.3) is 0 Å².